The van der Waals surface area contributed by atoms with Crippen molar-refractivity contribution in [1.82, 2.24) is 0 Å². The first kappa shape index (κ1) is 24.4. The van der Waals surface area contributed by atoms with E-state index in [2.05, 4.69) is 0 Å². The third-order valence-electron chi connectivity index (χ3n) is 4.28. The Balaban J connectivity index is 5.69. The van der Waals surface area contributed by atoms with Gasteiger partial charge in [-0.3, -0.25) is 4.89 Å². The zero-order chi connectivity index (χ0) is 19.6. The van der Waals surface area contributed by atoms with Crippen molar-refractivity contribution >= 4 is 16.2 Å². The van der Waals surface area contributed by atoms with E-state index in [1.54, 1.807) is 27.7 Å². The van der Waals surface area contributed by atoms with E-state index in [0.29, 0.717) is 16.7 Å². The summed E-state index contributed by atoms with van der Waals surface area (Å²) in [5.74, 6) is -0.682. The molecule has 6 unspecified atom stereocenters. The number of hydrogen-bond donors (Lipinski definition) is 0. The van der Waals surface area contributed by atoms with E-state index in [-0.39, 0.29) is 5.54 Å². The van der Waals surface area contributed by atoms with Gasteiger partial charge in [-0.1, -0.05) is 13.3 Å². The van der Waals surface area contributed by atoms with Gasteiger partial charge in [-0.2, -0.15) is 4.89 Å². The summed E-state index contributed by atoms with van der Waals surface area (Å²) in [5.41, 5.74) is -1.51. The van der Waals surface area contributed by atoms with Crippen molar-refractivity contribution in [1.29, 1.82) is 0 Å². The highest BCUT2D eigenvalue weighted by molar-refractivity contribution is 6.15. The lowest BCUT2D eigenvalue weighted by atomic mass is 9.90. The molecule has 0 saturated carbocycles. The van der Waals surface area contributed by atoms with Gasteiger partial charge in [0.1, 0.15) is 0 Å². The predicted octanol–water partition coefficient (Wildman–Crippen LogP) is 1.16. The zero-order valence-corrected chi connectivity index (χ0v) is 18.9. The number of hydrogen-bond acceptors (Lipinski definition) is 8. The van der Waals surface area contributed by atoms with Gasteiger partial charge in [0.25, 0.3) is 0 Å². The molecule has 0 fully saturated rings. The van der Waals surface area contributed by atoms with Crippen molar-refractivity contribution in [3.05, 3.63) is 0 Å². The molecule has 0 radical (unpaired) electrons. The molecule has 0 N–H and O–H groups in total. The molecule has 0 aliphatic carbocycles. The van der Waals surface area contributed by atoms with E-state index >= 15 is 0 Å². The Morgan fingerprint density at radius 2 is 1.48 bits per heavy atom. The summed E-state index contributed by atoms with van der Waals surface area (Å²) in [4.78, 5) is 23.0. The fraction of sp³-hybridized carbons (Fsp3) is 0.938. The summed E-state index contributed by atoms with van der Waals surface area (Å²) in [7, 11) is 5.14. The standard InChI is InChI=1S/C16H34O8Si/c1-9-14(25)16(22-12(4)19-7,10(2)21-11(3)18-6)15(17)24-23-13(5)20-8/h10-14H,9H2,1-8,25H3. The number of carbonyl (C=O) groups excluding carboxylic acids is 1. The van der Waals surface area contributed by atoms with E-state index in [1.807, 2.05) is 6.92 Å². The molecule has 0 heterocycles. The molecule has 0 aromatic heterocycles. The molecule has 0 aliphatic rings. The minimum absolute atomic E-state index is 0.113. The van der Waals surface area contributed by atoms with Gasteiger partial charge in [-0.15, -0.1) is 0 Å². The first-order valence-electron chi connectivity index (χ1n) is 8.48. The van der Waals surface area contributed by atoms with Crippen LogP contribution in [0.4, 0.5) is 0 Å². The second-order valence-corrected chi connectivity index (χ2v) is 7.27. The molecule has 150 valence electrons. The van der Waals surface area contributed by atoms with Crippen LogP contribution in [-0.2, 0) is 38.3 Å². The van der Waals surface area contributed by atoms with Gasteiger partial charge in [-0.05, 0) is 33.2 Å². The van der Waals surface area contributed by atoms with Gasteiger partial charge in [0.05, 0.1) is 6.10 Å². The van der Waals surface area contributed by atoms with E-state index in [9.17, 15) is 4.79 Å². The fourth-order valence-electron chi connectivity index (χ4n) is 2.31. The van der Waals surface area contributed by atoms with Crippen molar-refractivity contribution in [2.24, 2.45) is 0 Å². The highest BCUT2D eigenvalue weighted by Crippen LogP contribution is 2.36. The Morgan fingerprint density at radius 3 is 1.92 bits per heavy atom. The lowest BCUT2D eigenvalue weighted by Gasteiger charge is -2.42. The quantitative estimate of drug-likeness (QED) is 0.203. The summed E-state index contributed by atoms with van der Waals surface area (Å²) >= 11 is 0. The summed E-state index contributed by atoms with van der Waals surface area (Å²) in [6, 6.07) is 0. The predicted molar refractivity (Wildman–Crippen MR) is 94.9 cm³/mol. The SMILES string of the molecule is CCC([SiH3])C(OC(C)OC)(C(=O)OOC(C)OC)C(C)OC(C)OC. The zero-order valence-electron chi connectivity index (χ0n) is 16.9. The van der Waals surface area contributed by atoms with Crippen LogP contribution >= 0.6 is 0 Å². The first-order valence-corrected chi connectivity index (χ1v) is 9.64. The topological polar surface area (TPSA) is 81.7 Å². The molecule has 0 amide bonds. The minimum atomic E-state index is -1.39. The molecule has 0 aromatic rings. The Morgan fingerprint density at radius 1 is 0.960 bits per heavy atom. The summed E-state index contributed by atoms with van der Waals surface area (Å²) in [6.07, 6.45) is -1.82. The Kier molecular flexibility index (Phi) is 11.7. The Labute approximate surface area is 153 Å². The number of ether oxygens (including phenoxy) is 5. The molecule has 0 aliphatic heterocycles. The third-order valence-corrected chi connectivity index (χ3v) is 5.95. The first-order chi connectivity index (χ1) is 11.7. The largest absolute Gasteiger partial charge is 0.376 e. The molecule has 25 heavy (non-hydrogen) atoms. The van der Waals surface area contributed by atoms with Gasteiger partial charge in [0.2, 0.25) is 0 Å². The van der Waals surface area contributed by atoms with Gasteiger partial charge in [0.15, 0.2) is 24.5 Å². The molecular weight excluding hydrogens is 348 g/mol. The van der Waals surface area contributed by atoms with Crippen LogP contribution in [0.25, 0.3) is 0 Å². The monoisotopic (exact) mass is 382 g/mol. The summed E-state index contributed by atoms with van der Waals surface area (Å²) in [6.45, 7) is 8.78. The van der Waals surface area contributed by atoms with Crippen molar-refractivity contribution in [3.8, 4) is 0 Å². The van der Waals surface area contributed by atoms with Crippen molar-refractivity contribution in [2.45, 2.75) is 77.2 Å². The molecule has 8 nitrogen and oxygen atoms in total. The molecule has 9 heteroatoms. The average molecular weight is 383 g/mol. The molecule has 6 atom stereocenters. The molecule has 0 saturated heterocycles. The number of rotatable bonds is 13. The van der Waals surface area contributed by atoms with Gasteiger partial charge in [-0.25, -0.2) is 4.79 Å². The molecule has 0 spiro atoms. The summed E-state index contributed by atoms with van der Waals surface area (Å²) < 4.78 is 27.1. The number of methoxy groups -OCH3 is 3. The number of carbonyl (C=O) groups is 1. The van der Waals surface area contributed by atoms with Crippen LogP contribution in [0.1, 0.15) is 41.0 Å². The molecule has 0 aromatic carbocycles. The summed E-state index contributed by atoms with van der Waals surface area (Å²) in [5, 5.41) is 0. The second-order valence-electron chi connectivity index (χ2n) is 5.88. The normalized spacial score (nSPS) is 20.3. The van der Waals surface area contributed by atoms with Crippen molar-refractivity contribution in [2.75, 3.05) is 21.3 Å². The van der Waals surface area contributed by atoms with E-state index in [4.69, 9.17) is 33.5 Å². The lowest BCUT2D eigenvalue weighted by Crippen LogP contribution is -2.58. The maximum absolute atomic E-state index is 13.0. The highest BCUT2D eigenvalue weighted by Gasteiger charge is 2.53. The van der Waals surface area contributed by atoms with Crippen LogP contribution in [0.15, 0.2) is 0 Å². The van der Waals surface area contributed by atoms with E-state index in [1.165, 1.54) is 21.3 Å². The van der Waals surface area contributed by atoms with Crippen LogP contribution < -0.4 is 0 Å². The lowest BCUT2D eigenvalue weighted by molar-refractivity contribution is -0.359. The van der Waals surface area contributed by atoms with Gasteiger partial charge in [0, 0.05) is 31.6 Å². The van der Waals surface area contributed by atoms with Gasteiger partial charge >= 0.3 is 5.97 Å². The fourth-order valence-corrected chi connectivity index (χ4v) is 3.16. The molecule has 0 bridgehead atoms. The van der Waals surface area contributed by atoms with Crippen LogP contribution in [0.3, 0.4) is 0 Å². The third kappa shape index (κ3) is 6.93. The maximum Gasteiger partial charge on any atom is 0.376 e. The second kappa shape index (κ2) is 11.9. The Hall–Kier alpha value is -0.553. The van der Waals surface area contributed by atoms with Crippen LogP contribution in [0.5, 0.6) is 0 Å². The van der Waals surface area contributed by atoms with Crippen LogP contribution in [0.2, 0.25) is 5.54 Å². The molecule has 0 rings (SSSR count). The highest BCUT2D eigenvalue weighted by atomic mass is 28.1. The van der Waals surface area contributed by atoms with Gasteiger partial charge < -0.3 is 23.7 Å². The average Bonchev–Trinajstić information content (AvgIpc) is 2.62. The van der Waals surface area contributed by atoms with Crippen molar-refractivity contribution < 1.29 is 38.3 Å². The Bertz CT molecular complexity index is 383. The minimum Gasteiger partial charge on any atom is -0.356 e. The van der Waals surface area contributed by atoms with Crippen LogP contribution in [-0.4, -0.2) is 68.1 Å². The van der Waals surface area contributed by atoms with E-state index < -0.39 is 36.5 Å². The van der Waals surface area contributed by atoms with Crippen molar-refractivity contribution in [3.63, 3.8) is 0 Å². The molecular formula is C16H34O8Si. The smallest absolute Gasteiger partial charge is 0.356 e. The van der Waals surface area contributed by atoms with Crippen LogP contribution in [0, 0.1) is 0 Å². The van der Waals surface area contributed by atoms with E-state index in [0.717, 1.165) is 0 Å². The maximum atomic E-state index is 13.0.